The molecule has 0 aromatic rings. The Hall–Kier alpha value is -0.0800. The first-order valence-electron chi connectivity index (χ1n) is 5.82. The van der Waals surface area contributed by atoms with Gasteiger partial charge in [-0.3, -0.25) is 0 Å². The highest BCUT2D eigenvalue weighted by molar-refractivity contribution is 5.14. The summed E-state index contributed by atoms with van der Waals surface area (Å²) in [5.74, 6) is 1.78. The lowest BCUT2D eigenvalue weighted by Gasteiger charge is -2.67. The smallest absolute Gasteiger partial charge is 0.0359 e. The van der Waals surface area contributed by atoms with E-state index in [1.165, 1.54) is 19.3 Å². The predicted molar refractivity (Wildman–Crippen MR) is 60.1 cm³/mol. The standard InChI is InChI=1S/C12H24N2/c1-11(2)9-5-6-12(8-13,14(3)4)10(11)7-9/h9-10H,5-8,13H2,1-4H3. The molecule has 2 nitrogen and oxygen atoms in total. The summed E-state index contributed by atoms with van der Waals surface area (Å²) in [5.41, 5.74) is 6.85. The molecule has 0 aromatic carbocycles. The van der Waals surface area contributed by atoms with Crippen LogP contribution in [-0.2, 0) is 0 Å². The molecule has 0 heterocycles. The Labute approximate surface area is 87.8 Å². The maximum Gasteiger partial charge on any atom is 0.0359 e. The maximum atomic E-state index is 6.03. The van der Waals surface area contributed by atoms with Crippen LogP contribution in [0.25, 0.3) is 0 Å². The third-order valence-corrected chi connectivity index (χ3v) is 5.29. The molecule has 3 aliphatic rings. The average molecular weight is 196 g/mol. The Morgan fingerprint density at radius 2 is 2.00 bits per heavy atom. The lowest BCUT2D eigenvalue weighted by molar-refractivity contribution is -0.158. The van der Waals surface area contributed by atoms with Crippen LogP contribution < -0.4 is 5.73 Å². The molecule has 2 N–H and O–H groups in total. The zero-order chi connectivity index (χ0) is 10.6. The molecule has 0 amide bonds. The molecule has 3 rings (SSSR count). The lowest BCUT2D eigenvalue weighted by atomic mass is 9.43. The van der Waals surface area contributed by atoms with Crippen molar-refractivity contribution in [2.75, 3.05) is 20.6 Å². The first kappa shape index (κ1) is 10.4. The van der Waals surface area contributed by atoms with E-state index in [4.69, 9.17) is 5.73 Å². The Morgan fingerprint density at radius 1 is 1.36 bits per heavy atom. The summed E-state index contributed by atoms with van der Waals surface area (Å²) in [6, 6.07) is 0. The fraction of sp³-hybridized carbons (Fsp3) is 1.00. The van der Waals surface area contributed by atoms with Gasteiger partial charge in [-0.1, -0.05) is 13.8 Å². The monoisotopic (exact) mass is 196 g/mol. The van der Waals surface area contributed by atoms with E-state index in [1.54, 1.807) is 0 Å². The van der Waals surface area contributed by atoms with Gasteiger partial charge >= 0.3 is 0 Å². The number of nitrogens with two attached hydrogens (primary N) is 1. The SMILES string of the molecule is CN(C)C1(CN)CCC2CC1C2(C)C. The van der Waals surface area contributed by atoms with E-state index in [0.717, 1.165) is 18.4 Å². The van der Waals surface area contributed by atoms with Crippen molar-refractivity contribution >= 4 is 0 Å². The molecule has 3 atom stereocenters. The van der Waals surface area contributed by atoms with Crippen LogP contribution in [0.15, 0.2) is 0 Å². The van der Waals surface area contributed by atoms with E-state index in [2.05, 4.69) is 32.8 Å². The molecule has 0 aromatic heterocycles. The van der Waals surface area contributed by atoms with Crippen LogP contribution in [0.5, 0.6) is 0 Å². The van der Waals surface area contributed by atoms with Crippen molar-refractivity contribution in [3.63, 3.8) is 0 Å². The fourth-order valence-corrected chi connectivity index (χ4v) is 3.98. The summed E-state index contributed by atoms with van der Waals surface area (Å²) >= 11 is 0. The van der Waals surface area contributed by atoms with Crippen LogP contribution in [0.2, 0.25) is 0 Å². The molecule has 2 bridgehead atoms. The van der Waals surface area contributed by atoms with Gasteiger partial charge in [-0.15, -0.1) is 0 Å². The molecule has 0 aliphatic heterocycles. The molecule has 3 unspecified atom stereocenters. The summed E-state index contributed by atoms with van der Waals surface area (Å²) in [5, 5.41) is 0. The normalized spacial score (nSPS) is 45.0. The average Bonchev–Trinajstić information content (AvgIpc) is 2.17. The number of nitrogens with zero attached hydrogens (tertiary/aromatic N) is 1. The van der Waals surface area contributed by atoms with E-state index >= 15 is 0 Å². The predicted octanol–water partition coefficient (Wildman–Crippen LogP) is 1.70. The van der Waals surface area contributed by atoms with E-state index in [1.807, 2.05) is 0 Å². The minimum atomic E-state index is 0.290. The summed E-state index contributed by atoms with van der Waals surface area (Å²) in [7, 11) is 4.39. The summed E-state index contributed by atoms with van der Waals surface area (Å²) in [6.07, 6.45) is 4.08. The van der Waals surface area contributed by atoms with Crippen LogP contribution in [0.1, 0.15) is 33.1 Å². The van der Waals surface area contributed by atoms with Gasteiger partial charge in [0, 0.05) is 12.1 Å². The van der Waals surface area contributed by atoms with E-state index < -0.39 is 0 Å². The van der Waals surface area contributed by atoms with Crippen molar-refractivity contribution in [1.82, 2.24) is 4.90 Å². The molecule has 2 heteroatoms. The van der Waals surface area contributed by atoms with Crippen molar-refractivity contribution in [2.45, 2.75) is 38.6 Å². The minimum absolute atomic E-state index is 0.290. The second-order valence-electron chi connectivity index (χ2n) is 6.05. The second kappa shape index (κ2) is 2.96. The van der Waals surface area contributed by atoms with Gasteiger partial charge in [0.15, 0.2) is 0 Å². The molecule has 3 aliphatic carbocycles. The maximum absolute atomic E-state index is 6.03. The fourth-order valence-electron chi connectivity index (χ4n) is 3.98. The van der Waals surface area contributed by atoms with E-state index in [-0.39, 0.29) is 5.54 Å². The Bertz CT molecular complexity index is 232. The molecular formula is C12H24N2. The third kappa shape index (κ3) is 1.04. The highest BCUT2D eigenvalue weighted by atomic mass is 15.2. The van der Waals surface area contributed by atoms with Crippen molar-refractivity contribution in [3.05, 3.63) is 0 Å². The molecule has 3 fully saturated rings. The van der Waals surface area contributed by atoms with Crippen LogP contribution in [0, 0.1) is 17.3 Å². The number of rotatable bonds is 2. The van der Waals surface area contributed by atoms with Crippen LogP contribution >= 0.6 is 0 Å². The van der Waals surface area contributed by atoms with Gasteiger partial charge < -0.3 is 10.6 Å². The molecule has 14 heavy (non-hydrogen) atoms. The number of likely N-dealkylation sites (N-methyl/N-ethyl adjacent to an activating group) is 1. The quantitative estimate of drug-likeness (QED) is 0.728. The first-order valence-corrected chi connectivity index (χ1v) is 5.82. The van der Waals surface area contributed by atoms with Gasteiger partial charge in [-0.2, -0.15) is 0 Å². The number of hydrogen-bond acceptors (Lipinski definition) is 2. The van der Waals surface area contributed by atoms with Crippen LogP contribution in [0.3, 0.4) is 0 Å². The molecule has 0 spiro atoms. The second-order valence-corrected chi connectivity index (χ2v) is 6.05. The van der Waals surface area contributed by atoms with E-state index in [9.17, 15) is 0 Å². The van der Waals surface area contributed by atoms with Gasteiger partial charge in [0.05, 0.1) is 0 Å². The van der Waals surface area contributed by atoms with Gasteiger partial charge in [-0.05, 0) is 50.6 Å². The van der Waals surface area contributed by atoms with Crippen molar-refractivity contribution in [1.29, 1.82) is 0 Å². The topological polar surface area (TPSA) is 29.3 Å². The van der Waals surface area contributed by atoms with Crippen molar-refractivity contribution in [3.8, 4) is 0 Å². The summed E-state index contributed by atoms with van der Waals surface area (Å²) in [6.45, 7) is 5.68. The zero-order valence-corrected chi connectivity index (χ0v) is 10.0. The summed E-state index contributed by atoms with van der Waals surface area (Å²) < 4.78 is 0. The van der Waals surface area contributed by atoms with Crippen molar-refractivity contribution < 1.29 is 0 Å². The van der Waals surface area contributed by atoms with Gasteiger partial charge in [-0.25, -0.2) is 0 Å². The van der Waals surface area contributed by atoms with Gasteiger partial charge in [0.25, 0.3) is 0 Å². The molecular weight excluding hydrogens is 172 g/mol. The van der Waals surface area contributed by atoms with Crippen molar-refractivity contribution in [2.24, 2.45) is 23.0 Å². The Kier molecular flexibility index (Phi) is 2.20. The highest BCUT2D eigenvalue weighted by Gasteiger charge is 2.61. The third-order valence-electron chi connectivity index (χ3n) is 5.29. The minimum Gasteiger partial charge on any atom is -0.329 e. The molecule has 3 saturated carbocycles. The molecule has 82 valence electrons. The largest absolute Gasteiger partial charge is 0.329 e. The van der Waals surface area contributed by atoms with Gasteiger partial charge in [0.2, 0.25) is 0 Å². The zero-order valence-electron chi connectivity index (χ0n) is 10.0. The highest BCUT2D eigenvalue weighted by Crippen LogP contribution is 2.63. The first-order chi connectivity index (χ1) is 6.45. The van der Waals surface area contributed by atoms with Crippen LogP contribution in [0.4, 0.5) is 0 Å². The van der Waals surface area contributed by atoms with E-state index in [0.29, 0.717) is 5.41 Å². The lowest BCUT2D eigenvalue weighted by Crippen LogP contribution is -2.69. The van der Waals surface area contributed by atoms with Gasteiger partial charge in [0.1, 0.15) is 0 Å². The Balaban J connectivity index is 2.27. The Morgan fingerprint density at radius 3 is 2.29 bits per heavy atom. The summed E-state index contributed by atoms with van der Waals surface area (Å²) in [4.78, 5) is 2.38. The number of fused-ring (bicyclic) bond motifs is 2. The number of hydrogen-bond donors (Lipinski definition) is 1. The molecule has 0 saturated heterocycles. The van der Waals surface area contributed by atoms with Crippen LogP contribution in [-0.4, -0.2) is 31.1 Å². The molecule has 0 radical (unpaired) electrons.